The maximum atomic E-state index is 6.48. The highest BCUT2D eigenvalue weighted by Gasteiger charge is 2.23. The van der Waals surface area contributed by atoms with Crippen molar-refractivity contribution in [1.82, 2.24) is 0 Å². The first-order valence-electron chi connectivity index (χ1n) is 16.2. The molecule has 0 saturated carbocycles. The first-order chi connectivity index (χ1) is 23.3. The summed E-state index contributed by atoms with van der Waals surface area (Å²) in [5.74, 6) is 0. The van der Waals surface area contributed by atoms with E-state index < -0.39 is 0 Å². The fourth-order valence-electron chi connectivity index (χ4n) is 7.50. The summed E-state index contributed by atoms with van der Waals surface area (Å²) >= 11 is 0. The van der Waals surface area contributed by atoms with E-state index in [9.17, 15) is 0 Å². The zero-order valence-electron chi connectivity index (χ0n) is 25.6. The van der Waals surface area contributed by atoms with Crippen molar-refractivity contribution in [2.45, 2.75) is 13.1 Å². The van der Waals surface area contributed by atoms with Crippen LogP contribution in [0.3, 0.4) is 0 Å². The minimum absolute atomic E-state index is 0.817. The molecule has 10 rings (SSSR count). The van der Waals surface area contributed by atoms with Gasteiger partial charge in [0.15, 0.2) is 0 Å². The van der Waals surface area contributed by atoms with E-state index in [0.717, 1.165) is 79.2 Å². The van der Waals surface area contributed by atoms with E-state index in [1.54, 1.807) is 0 Å². The van der Waals surface area contributed by atoms with Gasteiger partial charge in [-0.05, 0) is 69.8 Å². The Morgan fingerprint density at radius 3 is 1.38 bits per heavy atom. The molecular formula is C44H29NO2. The van der Waals surface area contributed by atoms with Crippen LogP contribution in [0.25, 0.3) is 77.3 Å². The van der Waals surface area contributed by atoms with Crippen molar-refractivity contribution in [3.05, 3.63) is 163 Å². The van der Waals surface area contributed by atoms with Gasteiger partial charge in [0, 0.05) is 51.4 Å². The van der Waals surface area contributed by atoms with Crippen LogP contribution in [-0.4, -0.2) is 0 Å². The lowest BCUT2D eigenvalue weighted by molar-refractivity contribution is 0.669. The van der Waals surface area contributed by atoms with E-state index in [2.05, 4.69) is 144 Å². The van der Waals surface area contributed by atoms with E-state index in [4.69, 9.17) is 8.83 Å². The Bertz CT molecular complexity index is 2480. The summed E-state index contributed by atoms with van der Waals surface area (Å²) < 4.78 is 13.0. The van der Waals surface area contributed by atoms with Crippen molar-refractivity contribution in [1.29, 1.82) is 0 Å². The highest BCUT2D eigenvalue weighted by atomic mass is 16.3. The van der Waals surface area contributed by atoms with Gasteiger partial charge in [-0.25, -0.2) is 0 Å². The topological polar surface area (TPSA) is 29.5 Å². The highest BCUT2D eigenvalue weighted by Crippen LogP contribution is 2.43. The highest BCUT2D eigenvalue weighted by molar-refractivity contribution is 6.11. The van der Waals surface area contributed by atoms with Crippen LogP contribution in [0, 0.1) is 0 Å². The van der Waals surface area contributed by atoms with Crippen LogP contribution in [0.5, 0.6) is 0 Å². The molecule has 0 atom stereocenters. The van der Waals surface area contributed by atoms with Crippen molar-refractivity contribution in [2.24, 2.45) is 0 Å². The Morgan fingerprint density at radius 1 is 0.383 bits per heavy atom. The lowest BCUT2D eigenvalue weighted by Crippen LogP contribution is -2.20. The molecular weight excluding hydrogens is 574 g/mol. The average molecular weight is 604 g/mol. The normalized spacial score (nSPS) is 12.9. The molecule has 47 heavy (non-hydrogen) atoms. The van der Waals surface area contributed by atoms with Crippen LogP contribution in [0.1, 0.15) is 11.1 Å². The van der Waals surface area contributed by atoms with Crippen molar-refractivity contribution < 1.29 is 8.83 Å². The van der Waals surface area contributed by atoms with Gasteiger partial charge in [0.05, 0.1) is 0 Å². The van der Waals surface area contributed by atoms with E-state index in [0.29, 0.717) is 0 Å². The molecule has 0 unspecified atom stereocenters. The molecule has 0 radical (unpaired) electrons. The molecule has 0 bridgehead atoms. The van der Waals surface area contributed by atoms with Crippen LogP contribution in [-0.2, 0) is 13.1 Å². The lowest BCUT2D eigenvalue weighted by atomic mass is 9.90. The van der Waals surface area contributed by atoms with Gasteiger partial charge in [-0.1, -0.05) is 115 Å². The minimum atomic E-state index is 0.817. The van der Waals surface area contributed by atoms with Crippen molar-refractivity contribution in [2.75, 3.05) is 4.90 Å². The van der Waals surface area contributed by atoms with Gasteiger partial charge in [-0.2, -0.15) is 0 Å². The van der Waals surface area contributed by atoms with Gasteiger partial charge in [0.1, 0.15) is 22.3 Å². The summed E-state index contributed by atoms with van der Waals surface area (Å²) in [4.78, 5) is 2.48. The summed E-state index contributed by atoms with van der Waals surface area (Å²) in [5, 5.41) is 4.58. The Balaban J connectivity index is 1.19. The van der Waals surface area contributed by atoms with Gasteiger partial charge >= 0.3 is 0 Å². The van der Waals surface area contributed by atoms with Crippen LogP contribution in [0.2, 0.25) is 0 Å². The summed E-state index contributed by atoms with van der Waals surface area (Å²) in [6.07, 6.45) is 0. The number of anilines is 1. The number of furan rings is 2. The molecule has 0 spiro atoms. The van der Waals surface area contributed by atoms with E-state index in [1.165, 1.54) is 27.9 Å². The molecule has 0 amide bonds. The van der Waals surface area contributed by atoms with Crippen LogP contribution >= 0.6 is 0 Å². The minimum Gasteiger partial charge on any atom is -0.455 e. The van der Waals surface area contributed by atoms with Crippen molar-refractivity contribution >= 4 is 49.6 Å². The summed E-state index contributed by atoms with van der Waals surface area (Å²) in [5.41, 5.74) is 14.5. The third kappa shape index (κ3) is 4.13. The molecule has 3 nitrogen and oxygen atoms in total. The Kier molecular flexibility index (Phi) is 5.70. The van der Waals surface area contributed by atoms with Gasteiger partial charge < -0.3 is 13.7 Å². The smallest absolute Gasteiger partial charge is 0.143 e. The molecule has 0 fully saturated rings. The molecule has 222 valence electrons. The molecule has 9 aromatic rings. The van der Waals surface area contributed by atoms with Crippen molar-refractivity contribution in [3.8, 4) is 33.4 Å². The molecule has 1 aliphatic heterocycles. The number of benzene rings is 7. The van der Waals surface area contributed by atoms with Crippen molar-refractivity contribution in [3.63, 3.8) is 0 Å². The molecule has 0 saturated heterocycles. The fraction of sp³-hybridized carbons (Fsp3) is 0.0455. The molecule has 3 heteroatoms. The third-order valence-electron chi connectivity index (χ3n) is 9.78. The van der Waals surface area contributed by atoms with Gasteiger partial charge in [0.2, 0.25) is 0 Å². The van der Waals surface area contributed by atoms with E-state index in [1.807, 2.05) is 12.1 Å². The standard InChI is InChI=1S/C44H29NO2/c1-2-10-32(11-3-1)45-26-30-22-20-28(33-14-8-16-37-35-12-4-6-18-41(35)46-43(33)37)24-39(30)40-25-29(21-23-31(40)27-45)34-15-9-17-38-36-13-5-7-19-42(36)47-44(34)38/h1-25H,26-27H2. The van der Waals surface area contributed by atoms with Crippen LogP contribution < -0.4 is 4.90 Å². The first kappa shape index (κ1) is 26.2. The summed E-state index contributed by atoms with van der Waals surface area (Å²) in [6.45, 7) is 1.63. The number of rotatable bonds is 3. The fourth-order valence-corrected chi connectivity index (χ4v) is 7.50. The lowest BCUT2D eigenvalue weighted by Gasteiger charge is -2.24. The number of para-hydroxylation sites is 5. The molecule has 0 N–H and O–H groups in total. The molecule has 1 aliphatic rings. The largest absolute Gasteiger partial charge is 0.455 e. The van der Waals surface area contributed by atoms with Crippen LogP contribution in [0.4, 0.5) is 5.69 Å². The van der Waals surface area contributed by atoms with Gasteiger partial charge in [0.25, 0.3) is 0 Å². The summed E-state index contributed by atoms with van der Waals surface area (Å²) in [7, 11) is 0. The molecule has 2 aromatic heterocycles. The zero-order chi connectivity index (χ0) is 30.9. The van der Waals surface area contributed by atoms with Gasteiger partial charge in [-0.3, -0.25) is 0 Å². The maximum absolute atomic E-state index is 6.48. The number of hydrogen-bond donors (Lipinski definition) is 0. The predicted octanol–water partition coefficient (Wildman–Crippen LogP) is 12.0. The molecule has 0 aliphatic carbocycles. The monoisotopic (exact) mass is 603 g/mol. The Morgan fingerprint density at radius 2 is 0.851 bits per heavy atom. The third-order valence-corrected chi connectivity index (χ3v) is 9.78. The number of fused-ring (bicyclic) bond motifs is 9. The maximum Gasteiger partial charge on any atom is 0.143 e. The second kappa shape index (κ2) is 10.2. The number of nitrogens with zero attached hydrogens (tertiary/aromatic N) is 1. The summed E-state index contributed by atoms with van der Waals surface area (Å²) in [6, 6.07) is 54.2. The second-order valence-corrected chi connectivity index (χ2v) is 12.5. The second-order valence-electron chi connectivity index (χ2n) is 12.5. The van der Waals surface area contributed by atoms with E-state index >= 15 is 0 Å². The predicted molar refractivity (Wildman–Crippen MR) is 194 cm³/mol. The van der Waals surface area contributed by atoms with Crippen LogP contribution in [0.15, 0.2) is 160 Å². The Hall–Kier alpha value is -6.06. The zero-order valence-corrected chi connectivity index (χ0v) is 25.6. The quantitative estimate of drug-likeness (QED) is 0.201. The molecule has 3 heterocycles. The Labute approximate surface area is 271 Å². The SMILES string of the molecule is c1ccc(N2Cc3ccc(-c4cccc5c4oc4ccccc45)cc3-c3cc(-c4cccc5c4oc4ccccc45)ccc3C2)cc1. The van der Waals surface area contributed by atoms with E-state index in [-0.39, 0.29) is 0 Å². The average Bonchev–Trinajstić information content (AvgIpc) is 3.66. The number of hydrogen-bond acceptors (Lipinski definition) is 3. The van der Waals surface area contributed by atoms with Gasteiger partial charge in [-0.15, -0.1) is 0 Å². The molecule has 7 aromatic carbocycles. The first-order valence-corrected chi connectivity index (χ1v) is 16.2.